The van der Waals surface area contributed by atoms with E-state index in [2.05, 4.69) is 32.8 Å². The van der Waals surface area contributed by atoms with Crippen LogP contribution >= 0.6 is 11.6 Å². The Morgan fingerprint density at radius 2 is 1.72 bits per heavy atom. The maximum absolute atomic E-state index is 14.3. The Balaban J connectivity index is 1.41. The number of ether oxygens (including phenoxy) is 2. The van der Waals surface area contributed by atoms with Crippen molar-refractivity contribution in [3.8, 4) is 34.1 Å². The summed E-state index contributed by atoms with van der Waals surface area (Å²) in [6.07, 6.45) is -2.10. The number of alkyl halides is 3. The van der Waals surface area contributed by atoms with E-state index < -0.39 is 35.7 Å². The van der Waals surface area contributed by atoms with E-state index >= 15 is 0 Å². The first-order valence-corrected chi connectivity index (χ1v) is 17.8. The lowest BCUT2D eigenvalue weighted by molar-refractivity contribution is -0.141. The summed E-state index contributed by atoms with van der Waals surface area (Å²) in [6.45, 7) is 4.64. The molecular weight excluding hydrogens is 713 g/mol. The highest BCUT2D eigenvalue weighted by molar-refractivity contribution is 6.36. The van der Waals surface area contributed by atoms with Gasteiger partial charge in [0.05, 0.1) is 31.0 Å². The molecule has 1 aliphatic carbocycles. The van der Waals surface area contributed by atoms with Crippen LogP contribution in [0.25, 0.3) is 22.4 Å². The first kappa shape index (κ1) is 39.7. The third kappa shape index (κ3) is 9.18. The van der Waals surface area contributed by atoms with Crippen LogP contribution in [0.4, 0.5) is 19.0 Å². The zero-order chi connectivity index (χ0) is 38.3. The molecule has 2 heterocycles. The van der Waals surface area contributed by atoms with Crippen molar-refractivity contribution in [1.29, 1.82) is 0 Å². The maximum atomic E-state index is 14.3. The number of hydrogen-bond donors (Lipinski definition) is 5. The van der Waals surface area contributed by atoms with Crippen molar-refractivity contribution in [3.63, 3.8) is 0 Å². The molecule has 53 heavy (non-hydrogen) atoms. The van der Waals surface area contributed by atoms with Gasteiger partial charge in [-0.1, -0.05) is 67.4 Å². The number of carboxylic acids is 1. The first-order chi connectivity index (χ1) is 25.4. The molecule has 5 N–H and O–H groups in total. The third-order valence-electron chi connectivity index (χ3n) is 9.48. The standard InChI is InChI=1S/C38H44ClF3N6O5/c1-5-22(16-17-49)18-43-19-23-12-14-30(47-35(23)52-3)28-11-7-10-27(32(28)39)24-8-6-9-26-25(24)13-15-29(26)46-34-33(38(40,41)42)45-31(36(48-34)53-4)20-44-21(2)37(50)51/h6-12,14,21-22,29,43-44,49H,5,13,15-20H2,1-4H3,(H,46,48)(H,50,51)/t21-,22+,29-/m0/s1. The Morgan fingerprint density at radius 3 is 2.40 bits per heavy atom. The lowest BCUT2D eigenvalue weighted by Crippen LogP contribution is -2.33. The van der Waals surface area contributed by atoms with E-state index in [9.17, 15) is 23.1 Å². The number of aliphatic carboxylic acids is 1. The number of fused-ring (bicyclic) bond motifs is 1. The van der Waals surface area contributed by atoms with Crippen LogP contribution in [0.15, 0.2) is 48.5 Å². The van der Waals surface area contributed by atoms with Gasteiger partial charge in [0.15, 0.2) is 11.5 Å². The lowest BCUT2D eigenvalue weighted by atomic mass is 9.94. The maximum Gasteiger partial charge on any atom is 0.437 e. The van der Waals surface area contributed by atoms with Gasteiger partial charge < -0.3 is 30.3 Å². The number of carbonyl (C=O) groups is 1. The number of rotatable bonds is 17. The minimum atomic E-state index is -4.85. The Bertz CT molecular complexity index is 1910. The Hall–Kier alpha value is -4.50. The first-order valence-electron chi connectivity index (χ1n) is 17.4. The van der Waals surface area contributed by atoms with Crippen LogP contribution in [0.1, 0.15) is 67.2 Å². The number of carboxylic acid groups (broad SMARTS) is 1. The summed E-state index contributed by atoms with van der Waals surface area (Å²) in [4.78, 5) is 24.0. The zero-order valence-electron chi connectivity index (χ0n) is 30.0. The predicted octanol–water partition coefficient (Wildman–Crippen LogP) is 7.06. The van der Waals surface area contributed by atoms with Gasteiger partial charge in [-0.2, -0.15) is 18.2 Å². The number of hydrogen-bond acceptors (Lipinski definition) is 10. The van der Waals surface area contributed by atoms with Crippen LogP contribution in [-0.4, -0.2) is 64.5 Å². The topological polar surface area (TPSA) is 151 Å². The second-order valence-corrected chi connectivity index (χ2v) is 13.3. The summed E-state index contributed by atoms with van der Waals surface area (Å²) in [6, 6.07) is 13.6. The van der Waals surface area contributed by atoms with Crippen molar-refractivity contribution in [2.45, 2.75) is 70.9 Å². The molecule has 11 nitrogen and oxygen atoms in total. The number of benzene rings is 2. The quantitative estimate of drug-likeness (QED) is 0.0754. The molecule has 0 radical (unpaired) electrons. The SMILES string of the molecule is CC[C@H](CCO)CNCc1ccc(-c2cccc(-c3cccc4c3CC[C@@H]4Nc3nc(OC)c(CN[C@@H](C)C(=O)O)nc3C(F)(F)F)c2Cl)nc1OC. The van der Waals surface area contributed by atoms with Crippen LogP contribution in [-0.2, 0) is 30.5 Å². The second-order valence-electron chi connectivity index (χ2n) is 12.9. The number of halogens is 4. The highest BCUT2D eigenvalue weighted by Gasteiger charge is 2.39. The summed E-state index contributed by atoms with van der Waals surface area (Å²) in [7, 11) is 2.83. The molecule has 2 aromatic carbocycles. The van der Waals surface area contributed by atoms with Crippen molar-refractivity contribution in [2.75, 3.05) is 32.7 Å². The molecule has 0 aliphatic heterocycles. The summed E-state index contributed by atoms with van der Waals surface area (Å²) in [5.41, 5.74) is 4.18. The fraction of sp³-hybridized carbons (Fsp3) is 0.421. The van der Waals surface area contributed by atoms with Gasteiger partial charge in [0, 0.05) is 36.4 Å². The monoisotopic (exact) mass is 756 g/mol. The molecular formula is C38H44ClF3N6O5. The fourth-order valence-electron chi connectivity index (χ4n) is 6.50. The predicted molar refractivity (Wildman–Crippen MR) is 196 cm³/mol. The number of methoxy groups -OCH3 is 2. The van der Waals surface area contributed by atoms with E-state index in [1.165, 1.54) is 14.0 Å². The van der Waals surface area contributed by atoms with Gasteiger partial charge in [-0.15, -0.1) is 0 Å². The average Bonchev–Trinajstić information content (AvgIpc) is 3.56. The van der Waals surface area contributed by atoms with Crippen LogP contribution < -0.4 is 25.4 Å². The van der Waals surface area contributed by atoms with Gasteiger partial charge >= 0.3 is 12.1 Å². The molecule has 1 aliphatic rings. The normalized spacial score (nSPS) is 15.2. The molecule has 284 valence electrons. The third-order valence-corrected chi connectivity index (χ3v) is 9.89. The minimum absolute atomic E-state index is 0.154. The summed E-state index contributed by atoms with van der Waals surface area (Å²) in [5.74, 6) is -0.958. The van der Waals surface area contributed by atoms with Gasteiger partial charge in [0.1, 0.15) is 11.7 Å². The second kappa shape index (κ2) is 17.5. The average molecular weight is 757 g/mol. The minimum Gasteiger partial charge on any atom is -0.481 e. The van der Waals surface area contributed by atoms with Gasteiger partial charge in [0.2, 0.25) is 11.8 Å². The van der Waals surface area contributed by atoms with E-state index in [4.69, 9.17) is 31.2 Å². The molecule has 0 fully saturated rings. The molecule has 3 atom stereocenters. The molecule has 0 spiro atoms. The molecule has 4 aromatic rings. The lowest BCUT2D eigenvalue weighted by Gasteiger charge is -2.21. The smallest absolute Gasteiger partial charge is 0.437 e. The molecule has 0 bridgehead atoms. The molecule has 5 rings (SSSR count). The number of nitrogens with zero attached hydrogens (tertiary/aromatic N) is 3. The molecule has 2 aromatic heterocycles. The van der Waals surface area contributed by atoms with Crippen LogP contribution in [0.3, 0.4) is 0 Å². The molecule has 0 amide bonds. The molecule has 15 heteroatoms. The van der Waals surface area contributed by atoms with Crippen LogP contribution in [0.5, 0.6) is 11.8 Å². The van der Waals surface area contributed by atoms with Crippen molar-refractivity contribution < 1.29 is 37.7 Å². The highest BCUT2D eigenvalue weighted by atomic mass is 35.5. The van der Waals surface area contributed by atoms with E-state index in [-0.39, 0.29) is 24.7 Å². The van der Waals surface area contributed by atoms with E-state index in [0.717, 1.165) is 47.2 Å². The van der Waals surface area contributed by atoms with Gasteiger partial charge in [-0.25, -0.2) is 9.97 Å². The molecule has 0 saturated heterocycles. The number of anilines is 1. The van der Waals surface area contributed by atoms with Crippen LogP contribution in [0.2, 0.25) is 5.02 Å². The number of aromatic nitrogens is 3. The number of nitrogens with one attached hydrogen (secondary N) is 3. The van der Waals surface area contributed by atoms with E-state index in [1.54, 1.807) is 7.11 Å². The number of aliphatic hydroxyl groups excluding tert-OH is 1. The zero-order valence-corrected chi connectivity index (χ0v) is 30.7. The Kier molecular flexibility index (Phi) is 13.1. The van der Waals surface area contributed by atoms with Crippen molar-refractivity contribution >= 4 is 23.4 Å². The highest BCUT2D eigenvalue weighted by Crippen LogP contribution is 2.44. The van der Waals surface area contributed by atoms with Gasteiger partial charge in [-0.3, -0.25) is 10.1 Å². The molecule has 0 unspecified atom stereocenters. The number of pyridine rings is 1. The van der Waals surface area contributed by atoms with Crippen molar-refractivity contribution in [1.82, 2.24) is 25.6 Å². The summed E-state index contributed by atoms with van der Waals surface area (Å²) >= 11 is 7.10. The van der Waals surface area contributed by atoms with Crippen molar-refractivity contribution in [2.24, 2.45) is 5.92 Å². The summed E-state index contributed by atoms with van der Waals surface area (Å²) in [5, 5.41) is 28.0. The van der Waals surface area contributed by atoms with E-state index in [0.29, 0.717) is 47.5 Å². The van der Waals surface area contributed by atoms with Gasteiger partial charge in [-0.05, 0) is 61.4 Å². The largest absolute Gasteiger partial charge is 0.481 e. The van der Waals surface area contributed by atoms with E-state index in [1.807, 2.05) is 48.5 Å². The van der Waals surface area contributed by atoms with Crippen molar-refractivity contribution in [3.05, 3.63) is 81.6 Å². The van der Waals surface area contributed by atoms with Crippen LogP contribution in [0, 0.1) is 5.92 Å². The Morgan fingerprint density at radius 1 is 1.00 bits per heavy atom. The summed E-state index contributed by atoms with van der Waals surface area (Å²) < 4.78 is 53.9. The fourth-order valence-corrected chi connectivity index (χ4v) is 6.83. The molecule has 0 saturated carbocycles. The Labute approximate surface area is 311 Å². The van der Waals surface area contributed by atoms with Gasteiger partial charge in [0.25, 0.3) is 0 Å². The number of aliphatic hydroxyl groups is 1.